The Morgan fingerprint density at radius 2 is 1.72 bits per heavy atom. The molecule has 0 atom stereocenters. The summed E-state index contributed by atoms with van der Waals surface area (Å²) in [6, 6.07) is 13.8. The third-order valence-electron chi connectivity index (χ3n) is 3.00. The van der Waals surface area contributed by atoms with Crippen molar-refractivity contribution in [3.05, 3.63) is 70.5 Å². The van der Waals surface area contributed by atoms with Crippen molar-refractivity contribution in [2.75, 3.05) is 7.05 Å². The molecule has 0 unspecified atom stereocenters. The first-order valence-electron chi connectivity index (χ1n) is 6.16. The van der Waals surface area contributed by atoms with E-state index in [1.54, 1.807) is 13.0 Å². The molecule has 0 heterocycles. The quantitative estimate of drug-likeness (QED) is 0.867. The van der Waals surface area contributed by atoms with Gasteiger partial charge in [0.25, 0.3) is 0 Å². The second-order valence-electron chi connectivity index (χ2n) is 4.61. The third kappa shape index (κ3) is 3.17. The van der Waals surface area contributed by atoms with Crippen LogP contribution in [0.5, 0.6) is 0 Å². The van der Waals surface area contributed by atoms with Gasteiger partial charge in [0, 0.05) is 6.54 Å². The van der Waals surface area contributed by atoms with Crippen molar-refractivity contribution in [2.24, 2.45) is 0 Å². The van der Waals surface area contributed by atoms with Gasteiger partial charge in [0.15, 0.2) is 0 Å². The molecule has 0 aromatic heterocycles. The molecule has 0 saturated heterocycles. The fourth-order valence-electron chi connectivity index (χ4n) is 2.11. The van der Waals surface area contributed by atoms with E-state index < -0.39 is 0 Å². The predicted octanol–water partition coefficient (Wildman–Crippen LogP) is 3.44. The maximum Gasteiger partial charge on any atom is 0.126 e. The molecule has 2 aromatic rings. The first-order chi connectivity index (χ1) is 8.69. The number of hydrogen-bond donors (Lipinski definition) is 1. The highest BCUT2D eigenvalue weighted by atomic mass is 19.1. The lowest BCUT2D eigenvalue weighted by atomic mass is 10.0. The van der Waals surface area contributed by atoms with Gasteiger partial charge in [0.1, 0.15) is 5.82 Å². The van der Waals surface area contributed by atoms with Crippen molar-refractivity contribution in [3.63, 3.8) is 0 Å². The highest BCUT2D eigenvalue weighted by molar-refractivity contribution is 5.31. The SMILES string of the molecule is CNCc1cccc(Cc2ccc(F)c(C)c2)c1. The van der Waals surface area contributed by atoms with Gasteiger partial charge in [-0.3, -0.25) is 0 Å². The second kappa shape index (κ2) is 5.78. The minimum absolute atomic E-state index is 0.136. The van der Waals surface area contributed by atoms with E-state index in [0.29, 0.717) is 5.56 Å². The summed E-state index contributed by atoms with van der Waals surface area (Å²) >= 11 is 0. The van der Waals surface area contributed by atoms with Crippen molar-refractivity contribution in [1.29, 1.82) is 0 Å². The van der Waals surface area contributed by atoms with Gasteiger partial charge in [-0.1, -0.05) is 36.4 Å². The normalized spacial score (nSPS) is 10.6. The lowest BCUT2D eigenvalue weighted by molar-refractivity contribution is 0.618. The van der Waals surface area contributed by atoms with Gasteiger partial charge in [-0.2, -0.15) is 0 Å². The second-order valence-corrected chi connectivity index (χ2v) is 4.61. The lowest BCUT2D eigenvalue weighted by Crippen LogP contribution is -2.05. The Kier molecular flexibility index (Phi) is 4.11. The van der Waals surface area contributed by atoms with Gasteiger partial charge >= 0.3 is 0 Å². The van der Waals surface area contributed by atoms with Crippen LogP contribution in [0.25, 0.3) is 0 Å². The topological polar surface area (TPSA) is 12.0 Å². The molecule has 0 aliphatic carbocycles. The number of rotatable bonds is 4. The van der Waals surface area contributed by atoms with Crippen molar-refractivity contribution >= 4 is 0 Å². The van der Waals surface area contributed by atoms with Crippen molar-refractivity contribution in [2.45, 2.75) is 19.9 Å². The Morgan fingerprint density at radius 3 is 2.44 bits per heavy atom. The van der Waals surface area contributed by atoms with Gasteiger partial charge in [-0.25, -0.2) is 4.39 Å². The average Bonchev–Trinajstić information content (AvgIpc) is 2.35. The Hall–Kier alpha value is -1.67. The van der Waals surface area contributed by atoms with Crippen LogP contribution in [-0.4, -0.2) is 7.05 Å². The van der Waals surface area contributed by atoms with Gasteiger partial charge in [-0.05, 0) is 48.7 Å². The molecular formula is C16H18FN. The van der Waals surface area contributed by atoms with E-state index in [4.69, 9.17) is 0 Å². The van der Waals surface area contributed by atoms with Crippen LogP contribution in [-0.2, 0) is 13.0 Å². The standard InChI is InChI=1S/C16H18FN/c1-12-8-14(6-7-16(12)17)9-13-4-3-5-15(10-13)11-18-2/h3-8,10,18H,9,11H2,1-2H3. The fraction of sp³-hybridized carbons (Fsp3) is 0.250. The molecule has 94 valence electrons. The van der Waals surface area contributed by atoms with E-state index in [0.717, 1.165) is 18.5 Å². The molecule has 0 aliphatic rings. The minimum atomic E-state index is -0.136. The number of halogens is 1. The summed E-state index contributed by atoms with van der Waals surface area (Å²) < 4.78 is 13.2. The minimum Gasteiger partial charge on any atom is -0.316 e. The molecular weight excluding hydrogens is 225 g/mol. The Morgan fingerprint density at radius 1 is 1.00 bits per heavy atom. The number of nitrogens with one attached hydrogen (secondary N) is 1. The molecule has 1 nitrogen and oxygen atoms in total. The van der Waals surface area contributed by atoms with Crippen LogP contribution >= 0.6 is 0 Å². The van der Waals surface area contributed by atoms with Crippen molar-refractivity contribution in [3.8, 4) is 0 Å². The Labute approximate surface area is 108 Å². The third-order valence-corrected chi connectivity index (χ3v) is 3.00. The van der Waals surface area contributed by atoms with Crippen LogP contribution in [0, 0.1) is 12.7 Å². The average molecular weight is 243 g/mol. The monoisotopic (exact) mass is 243 g/mol. The summed E-state index contributed by atoms with van der Waals surface area (Å²) in [6.45, 7) is 2.67. The van der Waals surface area contributed by atoms with E-state index in [1.807, 2.05) is 19.2 Å². The smallest absolute Gasteiger partial charge is 0.126 e. The Balaban J connectivity index is 2.17. The molecule has 18 heavy (non-hydrogen) atoms. The molecule has 2 rings (SSSR count). The zero-order valence-electron chi connectivity index (χ0n) is 10.8. The zero-order valence-corrected chi connectivity index (χ0v) is 10.8. The molecule has 0 aliphatic heterocycles. The molecule has 0 radical (unpaired) electrons. The van der Waals surface area contributed by atoms with Crippen molar-refractivity contribution < 1.29 is 4.39 Å². The largest absolute Gasteiger partial charge is 0.316 e. The highest BCUT2D eigenvalue weighted by Gasteiger charge is 2.01. The summed E-state index contributed by atoms with van der Waals surface area (Å²) in [6.07, 6.45) is 0.846. The molecule has 0 fully saturated rings. The summed E-state index contributed by atoms with van der Waals surface area (Å²) in [5.74, 6) is -0.136. The van der Waals surface area contributed by atoms with E-state index in [9.17, 15) is 4.39 Å². The predicted molar refractivity (Wildman–Crippen MR) is 73.1 cm³/mol. The van der Waals surface area contributed by atoms with Gasteiger partial charge in [0.05, 0.1) is 0 Å². The fourth-order valence-corrected chi connectivity index (χ4v) is 2.11. The Bertz CT molecular complexity index is 534. The van der Waals surface area contributed by atoms with Crippen LogP contribution in [0.2, 0.25) is 0 Å². The van der Waals surface area contributed by atoms with Crippen LogP contribution < -0.4 is 5.32 Å². The number of benzene rings is 2. The zero-order chi connectivity index (χ0) is 13.0. The maximum atomic E-state index is 13.2. The molecule has 0 spiro atoms. The summed E-state index contributed by atoms with van der Waals surface area (Å²) in [5, 5.41) is 3.14. The van der Waals surface area contributed by atoms with Gasteiger partial charge < -0.3 is 5.32 Å². The lowest BCUT2D eigenvalue weighted by Gasteiger charge is -2.06. The summed E-state index contributed by atoms with van der Waals surface area (Å²) in [4.78, 5) is 0. The van der Waals surface area contributed by atoms with Gasteiger partial charge in [-0.15, -0.1) is 0 Å². The number of hydrogen-bond acceptors (Lipinski definition) is 1. The summed E-state index contributed by atoms with van der Waals surface area (Å²) in [7, 11) is 1.94. The molecule has 2 aromatic carbocycles. The van der Waals surface area contributed by atoms with E-state index >= 15 is 0 Å². The van der Waals surface area contributed by atoms with E-state index in [1.165, 1.54) is 11.1 Å². The van der Waals surface area contributed by atoms with Crippen molar-refractivity contribution in [1.82, 2.24) is 5.32 Å². The molecule has 0 amide bonds. The van der Waals surface area contributed by atoms with Crippen LogP contribution in [0.3, 0.4) is 0 Å². The highest BCUT2D eigenvalue weighted by Crippen LogP contribution is 2.14. The first kappa shape index (κ1) is 12.8. The first-order valence-corrected chi connectivity index (χ1v) is 6.16. The molecule has 0 bridgehead atoms. The molecule has 1 N–H and O–H groups in total. The van der Waals surface area contributed by atoms with E-state index in [2.05, 4.69) is 29.6 Å². The van der Waals surface area contributed by atoms with Crippen LogP contribution in [0.4, 0.5) is 4.39 Å². The maximum absolute atomic E-state index is 13.2. The van der Waals surface area contributed by atoms with Crippen LogP contribution in [0.15, 0.2) is 42.5 Å². The summed E-state index contributed by atoms with van der Waals surface area (Å²) in [5.41, 5.74) is 4.39. The van der Waals surface area contributed by atoms with Gasteiger partial charge in [0.2, 0.25) is 0 Å². The number of aryl methyl sites for hydroxylation is 1. The molecule has 0 saturated carbocycles. The molecule has 2 heteroatoms. The van der Waals surface area contributed by atoms with E-state index in [-0.39, 0.29) is 5.82 Å². The van der Waals surface area contributed by atoms with Crippen LogP contribution in [0.1, 0.15) is 22.3 Å².